The summed E-state index contributed by atoms with van der Waals surface area (Å²) in [6.45, 7) is 0.190. The van der Waals surface area contributed by atoms with E-state index >= 15 is 0 Å². The minimum Gasteiger partial charge on any atom is -0.454 e. The van der Waals surface area contributed by atoms with E-state index in [0.717, 1.165) is 11.3 Å². The van der Waals surface area contributed by atoms with Gasteiger partial charge in [-0.25, -0.2) is 0 Å². The maximum Gasteiger partial charge on any atom is 0.253 e. The van der Waals surface area contributed by atoms with Gasteiger partial charge in [0, 0.05) is 36.6 Å². The number of carbonyl (C=O) groups excluding carboxylic acids is 2. The molecule has 0 radical (unpaired) electrons. The van der Waals surface area contributed by atoms with Gasteiger partial charge < -0.3 is 19.7 Å². The summed E-state index contributed by atoms with van der Waals surface area (Å²) < 4.78 is 12.9. The van der Waals surface area contributed by atoms with Crippen molar-refractivity contribution in [3.05, 3.63) is 78.4 Å². The molecule has 9 nitrogen and oxygen atoms in total. The van der Waals surface area contributed by atoms with E-state index in [9.17, 15) is 9.59 Å². The molecular formula is C26H23N5O4S. The molecule has 36 heavy (non-hydrogen) atoms. The zero-order chi connectivity index (χ0) is 25.1. The van der Waals surface area contributed by atoms with Gasteiger partial charge in [0.1, 0.15) is 0 Å². The van der Waals surface area contributed by atoms with E-state index in [1.165, 1.54) is 16.7 Å². The van der Waals surface area contributed by atoms with E-state index in [2.05, 4.69) is 15.5 Å². The van der Waals surface area contributed by atoms with Gasteiger partial charge in [-0.2, -0.15) is 0 Å². The lowest BCUT2D eigenvalue weighted by atomic mass is 10.2. The van der Waals surface area contributed by atoms with Gasteiger partial charge >= 0.3 is 0 Å². The van der Waals surface area contributed by atoms with E-state index in [-0.39, 0.29) is 24.4 Å². The van der Waals surface area contributed by atoms with Crippen molar-refractivity contribution in [1.29, 1.82) is 0 Å². The van der Waals surface area contributed by atoms with Crippen LogP contribution in [0.1, 0.15) is 10.4 Å². The van der Waals surface area contributed by atoms with Gasteiger partial charge in [0.2, 0.25) is 12.7 Å². The van der Waals surface area contributed by atoms with Crippen LogP contribution < -0.4 is 14.8 Å². The predicted molar refractivity (Wildman–Crippen MR) is 137 cm³/mol. The molecule has 0 fully saturated rings. The number of ether oxygens (including phenoxy) is 2. The Bertz CT molecular complexity index is 1400. The standard InChI is InChI=1S/C26H23N5O4S/c1-30(2)25(33)17-8-11-19(12-9-17)27-23(32)15-36-26-29-28-24(31(26)20-6-4-3-5-7-20)18-10-13-21-22(14-18)35-16-34-21/h3-14H,15-16H2,1-2H3,(H,27,32). The van der Waals surface area contributed by atoms with Gasteiger partial charge in [-0.15, -0.1) is 10.2 Å². The van der Waals surface area contributed by atoms with E-state index in [0.29, 0.717) is 33.7 Å². The van der Waals surface area contributed by atoms with E-state index in [4.69, 9.17) is 9.47 Å². The van der Waals surface area contributed by atoms with Gasteiger partial charge in [0.05, 0.1) is 5.75 Å². The zero-order valence-corrected chi connectivity index (χ0v) is 20.5. The second-order valence-corrected chi connectivity index (χ2v) is 9.10. The number of benzene rings is 3. The highest BCUT2D eigenvalue weighted by Gasteiger charge is 2.20. The van der Waals surface area contributed by atoms with Crippen LogP contribution in [0.4, 0.5) is 5.69 Å². The molecule has 4 aromatic rings. The molecule has 2 heterocycles. The smallest absolute Gasteiger partial charge is 0.253 e. The van der Waals surface area contributed by atoms with Crippen molar-refractivity contribution in [3.8, 4) is 28.6 Å². The molecule has 1 aliphatic rings. The monoisotopic (exact) mass is 501 g/mol. The summed E-state index contributed by atoms with van der Waals surface area (Å²) in [5.41, 5.74) is 2.86. The Morgan fingerprint density at radius 3 is 2.47 bits per heavy atom. The zero-order valence-electron chi connectivity index (χ0n) is 19.7. The molecule has 182 valence electrons. The van der Waals surface area contributed by atoms with Gasteiger partial charge in [0.15, 0.2) is 22.5 Å². The number of hydrogen-bond acceptors (Lipinski definition) is 7. The van der Waals surface area contributed by atoms with Crippen molar-refractivity contribution in [3.63, 3.8) is 0 Å². The fourth-order valence-electron chi connectivity index (χ4n) is 3.68. The molecule has 0 unspecified atom stereocenters. The third-order valence-electron chi connectivity index (χ3n) is 5.43. The number of nitrogens with zero attached hydrogens (tertiary/aromatic N) is 4. The predicted octanol–water partition coefficient (Wildman–Crippen LogP) is 4.10. The van der Waals surface area contributed by atoms with Crippen LogP contribution in [0.5, 0.6) is 11.5 Å². The SMILES string of the molecule is CN(C)C(=O)c1ccc(NC(=O)CSc2nnc(-c3ccc4c(c3)OCO4)n2-c2ccccc2)cc1. The molecule has 1 aliphatic heterocycles. The molecule has 0 spiro atoms. The van der Waals surface area contributed by atoms with Gasteiger partial charge in [-0.05, 0) is 54.6 Å². The number of nitrogens with one attached hydrogen (secondary N) is 1. The first-order valence-corrected chi connectivity index (χ1v) is 12.1. The van der Waals surface area contributed by atoms with Crippen LogP contribution in [0.2, 0.25) is 0 Å². The van der Waals surface area contributed by atoms with Crippen molar-refractivity contribution in [2.24, 2.45) is 0 Å². The molecule has 3 aromatic carbocycles. The molecule has 1 N–H and O–H groups in total. The number of rotatable bonds is 7. The van der Waals surface area contributed by atoms with Crippen LogP contribution in [0.15, 0.2) is 78.0 Å². The highest BCUT2D eigenvalue weighted by atomic mass is 32.2. The number of thioether (sulfide) groups is 1. The fraction of sp³-hybridized carbons (Fsp3) is 0.154. The molecule has 0 saturated carbocycles. The Hall–Kier alpha value is -4.31. The maximum atomic E-state index is 12.7. The lowest BCUT2D eigenvalue weighted by Gasteiger charge is -2.12. The first-order valence-electron chi connectivity index (χ1n) is 11.1. The number of hydrogen-bond donors (Lipinski definition) is 1. The maximum absolute atomic E-state index is 12.7. The first kappa shape index (κ1) is 23.4. The summed E-state index contributed by atoms with van der Waals surface area (Å²) in [6.07, 6.45) is 0. The number of amides is 2. The lowest BCUT2D eigenvalue weighted by molar-refractivity contribution is -0.113. The minimum atomic E-state index is -0.195. The number of anilines is 1. The van der Waals surface area contributed by atoms with Crippen LogP contribution in [0, 0.1) is 0 Å². The minimum absolute atomic E-state index is 0.0954. The molecule has 5 rings (SSSR count). The summed E-state index contributed by atoms with van der Waals surface area (Å²) >= 11 is 1.28. The van der Waals surface area contributed by atoms with Crippen LogP contribution in [0.25, 0.3) is 17.1 Å². The van der Waals surface area contributed by atoms with E-state index in [1.807, 2.05) is 53.1 Å². The summed E-state index contributed by atoms with van der Waals surface area (Å²) in [7, 11) is 3.39. The molecular weight excluding hydrogens is 478 g/mol. The first-order chi connectivity index (χ1) is 17.5. The molecule has 2 amide bonds. The van der Waals surface area contributed by atoms with Crippen molar-refractivity contribution in [2.75, 3.05) is 32.0 Å². The highest BCUT2D eigenvalue weighted by molar-refractivity contribution is 7.99. The van der Waals surface area contributed by atoms with Gasteiger partial charge in [-0.1, -0.05) is 30.0 Å². The Balaban J connectivity index is 1.34. The topological polar surface area (TPSA) is 98.6 Å². The fourth-order valence-corrected chi connectivity index (χ4v) is 4.43. The lowest BCUT2D eigenvalue weighted by Crippen LogP contribution is -2.21. The Morgan fingerprint density at radius 1 is 0.972 bits per heavy atom. The average Bonchev–Trinajstić information content (AvgIpc) is 3.54. The van der Waals surface area contributed by atoms with E-state index < -0.39 is 0 Å². The number of aromatic nitrogens is 3. The largest absolute Gasteiger partial charge is 0.454 e. The van der Waals surface area contributed by atoms with Crippen molar-refractivity contribution in [2.45, 2.75) is 5.16 Å². The summed E-state index contributed by atoms with van der Waals surface area (Å²) in [5, 5.41) is 12.2. The third-order valence-corrected chi connectivity index (χ3v) is 6.36. The van der Waals surface area contributed by atoms with Crippen LogP contribution in [-0.4, -0.2) is 58.1 Å². The average molecular weight is 502 g/mol. The van der Waals surface area contributed by atoms with Crippen molar-refractivity contribution < 1.29 is 19.1 Å². The molecule has 0 atom stereocenters. The summed E-state index contributed by atoms with van der Waals surface area (Å²) in [6, 6.07) is 22.2. The number of fused-ring (bicyclic) bond motifs is 1. The Kier molecular flexibility index (Phi) is 6.59. The normalized spacial score (nSPS) is 11.8. The molecule has 0 bridgehead atoms. The molecule has 1 aromatic heterocycles. The van der Waals surface area contributed by atoms with Crippen LogP contribution in [0.3, 0.4) is 0 Å². The van der Waals surface area contributed by atoms with Crippen LogP contribution in [-0.2, 0) is 4.79 Å². The highest BCUT2D eigenvalue weighted by Crippen LogP contribution is 2.37. The van der Waals surface area contributed by atoms with Gasteiger partial charge in [0.25, 0.3) is 5.91 Å². The van der Waals surface area contributed by atoms with Crippen molar-refractivity contribution >= 4 is 29.3 Å². The number of carbonyl (C=O) groups is 2. The van der Waals surface area contributed by atoms with Gasteiger partial charge in [-0.3, -0.25) is 14.2 Å². The number of para-hydroxylation sites is 1. The molecule has 0 saturated heterocycles. The van der Waals surface area contributed by atoms with Crippen molar-refractivity contribution in [1.82, 2.24) is 19.7 Å². The Labute approximate surface area is 212 Å². The van der Waals surface area contributed by atoms with Crippen LogP contribution >= 0.6 is 11.8 Å². The summed E-state index contributed by atoms with van der Waals surface area (Å²) in [5.74, 6) is 1.81. The molecule has 10 heteroatoms. The second kappa shape index (κ2) is 10.1. The second-order valence-electron chi connectivity index (χ2n) is 8.16. The Morgan fingerprint density at radius 2 is 1.72 bits per heavy atom. The van der Waals surface area contributed by atoms with E-state index in [1.54, 1.807) is 38.4 Å². The quantitative estimate of drug-likeness (QED) is 0.381. The molecule has 0 aliphatic carbocycles. The third kappa shape index (κ3) is 4.89. The summed E-state index contributed by atoms with van der Waals surface area (Å²) in [4.78, 5) is 26.2.